The number of rotatable bonds is 13. The average Bonchev–Trinajstić information content (AvgIpc) is 3.26. The van der Waals surface area contributed by atoms with Crippen LogP contribution in [-0.2, 0) is 9.47 Å². The predicted molar refractivity (Wildman–Crippen MR) is 90.1 cm³/mol. The van der Waals surface area contributed by atoms with Crippen LogP contribution in [-0.4, -0.2) is 36.1 Å². The SMILES string of the molecule is CCCCCCCCCCCC[C@@H](O)[C@H]1CC[C@H]([C@@H]2CO2)O1. The Morgan fingerprint density at radius 2 is 1.45 bits per heavy atom. The average molecular weight is 312 g/mol. The number of unbranched alkanes of at least 4 members (excludes halogenated alkanes) is 9. The van der Waals surface area contributed by atoms with Gasteiger partial charge < -0.3 is 14.6 Å². The lowest BCUT2D eigenvalue weighted by Gasteiger charge is -2.18. The first-order valence-corrected chi connectivity index (χ1v) is 9.76. The molecular weight excluding hydrogens is 276 g/mol. The lowest BCUT2D eigenvalue weighted by molar-refractivity contribution is -0.0443. The molecule has 2 aliphatic heterocycles. The number of aliphatic hydroxyl groups is 1. The van der Waals surface area contributed by atoms with E-state index in [-0.39, 0.29) is 18.3 Å². The van der Waals surface area contributed by atoms with Gasteiger partial charge in [-0.1, -0.05) is 71.1 Å². The second-order valence-electron chi connectivity index (χ2n) is 7.20. The summed E-state index contributed by atoms with van der Waals surface area (Å²) in [5.41, 5.74) is 0. The van der Waals surface area contributed by atoms with Gasteiger partial charge in [0.25, 0.3) is 0 Å². The van der Waals surface area contributed by atoms with Crippen molar-refractivity contribution in [2.24, 2.45) is 0 Å². The molecule has 0 unspecified atom stereocenters. The molecule has 3 heteroatoms. The van der Waals surface area contributed by atoms with E-state index in [0.29, 0.717) is 6.10 Å². The maximum absolute atomic E-state index is 10.2. The van der Waals surface area contributed by atoms with Crippen molar-refractivity contribution < 1.29 is 14.6 Å². The van der Waals surface area contributed by atoms with Crippen molar-refractivity contribution in [2.45, 2.75) is 115 Å². The van der Waals surface area contributed by atoms with Gasteiger partial charge in [-0.25, -0.2) is 0 Å². The minimum absolute atomic E-state index is 0.0627. The third-order valence-electron chi connectivity index (χ3n) is 5.14. The Morgan fingerprint density at radius 3 is 2.05 bits per heavy atom. The molecule has 0 aliphatic carbocycles. The minimum atomic E-state index is -0.266. The first-order valence-electron chi connectivity index (χ1n) is 9.76. The third-order valence-corrected chi connectivity index (χ3v) is 5.14. The molecule has 130 valence electrons. The lowest BCUT2D eigenvalue weighted by Crippen LogP contribution is -2.27. The molecule has 3 nitrogen and oxygen atoms in total. The molecule has 0 aromatic carbocycles. The van der Waals surface area contributed by atoms with Crippen molar-refractivity contribution in [2.75, 3.05) is 6.61 Å². The van der Waals surface area contributed by atoms with Crippen LogP contribution in [0.1, 0.15) is 90.4 Å². The van der Waals surface area contributed by atoms with Crippen LogP contribution in [0.5, 0.6) is 0 Å². The standard InChI is InChI=1S/C19H36O3/c1-2-3-4-5-6-7-8-9-10-11-12-16(20)17-13-14-18(22-17)19-15-21-19/h16-20H,2-15H2,1H3/t16-,17-,18-,19+/m1/s1. The van der Waals surface area contributed by atoms with Gasteiger partial charge in [0.2, 0.25) is 0 Å². The highest BCUT2D eigenvalue weighted by Crippen LogP contribution is 2.31. The van der Waals surface area contributed by atoms with Crippen molar-refractivity contribution in [1.82, 2.24) is 0 Å². The Hall–Kier alpha value is -0.120. The molecule has 2 fully saturated rings. The highest BCUT2D eigenvalue weighted by molar-refractivity contribution is 4.88. The second-order valence-corrected chi connectivity index (χ2v) is 7.20. The van der Waals surface area contributed by atoms with Crippen LogP contribution in [0.4, 0.5) is 0 Å². The zero-order valence-corrected chi connectivity index (χ0v) is 14.5. The van der Waals surface area contributed by atoms with Crippen molar-refractivity contribution >= 4 is 0 Å². The number of aliphatic hydroxyl groups excluding tert-OH is 1. The summed E-state index contributed by atoms with van der Waals surface area (Å²) >= 11 is 0. The quantitative estimate of drug-likeness (QED) is 0.399. The summed E-state index contributed by atoms with van der Waals surface area (Å²) in [7, 11) is 0. The fraction of sp³-hybridized carbons (Fsp3) is 1.00. The molecular formula is C19H36O3. The Morgan fingerprint density at radius 1 is 0.864 bits per heavy atom. The first kappa shape index (κ1) is 18.2. The van der Waals surface area contributed by atoms with E-state index >= 15 is 0 Å². The summed E-state index contributed by atoms with van der Waals surface area (Å²) in [4.78, 5) is 0. The summed E-state index contributed by atoms with van der Waals surface area (Å²) in [5.74, 6) is 0. The zero-order chi connectivity index (χ0) is 15.6. The smallest absolute Gasteiger partial charge is 0.107 e. The summed E-state index contributed by atoms with van der Waals surface area (Å²) < 4.78 is 11.2. The van der Waals surface area contributed by atoms with E-state index < -0.39 is 0 Å². The zero-order valence-electron chi connectivity index (χ0n) is 14.5. The maximum atomic E-state index is 10.2. The molecule has 0 spiro atoms. The number of epoxide rings is 1. The van der Waals surface area contributed by atoms with Crippen molar-refractivity contribution in [3.8, 4) is 0 Å². The van der Waals surface area contributed by atoms with Crippen molar-refractivity contribution in [3.63, 3.8) is 0 Å². The van der Waals surface area contributed by atoms with Gasteiger partial charge in [-0.05, 0) is 19.3 Å². The Bertz CT molecular complexity index is 278. The summed E-state index contributed by atoms with van der Waals surface area (Å²) in [6.45, 7) is 3.12. The molecule has 0 aromatic rings. The Kier molecular flexibility index (Phi) is 8.79. The molecule has 2 rings (SSSR count). The topological polar surface area (TPSA) is 42.0 Å². The van der Waals surface area contributed by atoms with Crippen LogP contribution in [0.25, 0.3) is 0 Å². The van der Waals surface area contributed by atoms with Gasteiger partial charge in [0.1, 0.15) is 6.10 Å². The minimum Gasteiger partial charge on any atom is -0.390 e. The summed E-state index contributed by atoms with van der Waals surface area (Å²) in [5, 5.41) is 10.2. The molecule has 2 saturated heterocycles. The number of hydrogen-bond acceptors (Lipinski definition) is 3. The van der Waals surface area contributed by atoms with Crippen LogP contribution in [0.3, 0.4) is 0 Å². The molecule has 0 bridgehead atoms. The number of ether oxygens (including phenoxy) is 2. The molecule has 4 atom stereocenters. The van der Waals surface area contributed by atoms with Gasteiger partial charge >= 0.3 is 0 Å². The third kappa shape index (κ3) is 6.97. The maximum Gasteiger partial charge on any atom is 0.107 e. The van der Waals surface area contributed by atoms with E-state index in [1.807, 2.05) is 0 Å². The normalized spacial score (nSPS) is 28.9. The Labute approximate surface area is 136 Å². The van der Waals surface area contributed by atoms with Crippen LogP contribution < -0.4 is 0 Å². The van der Waals surface area contributed by atoms with E-state index in [0.717, 1.165) is 32.3 Å². The van der Waals surface area contributed by atoms with Crippen LogP contribution in [0.15, 0.2) is 0 Å². The first-order chi connectivity index (χ1) is 10.8. The fourth-order valence-electron chi connectivity index (χ4n) is 3.54. The van der Waals surface area contributed by atoms with Gasteiger partial charge in [-0.15, -0.1) is 0 Å². The van der Waals surface area contributed by atoms with Crippen LogP contribution in [0.2, 0.25) is 0 Å². The summed E-state index contributed by atoms with van der Waals surface area (Å²) in [6, 6.07) is 0. The molecule has 0 aromatic heterocycles. The summed E-state index contributed by atoms with van der Waals surface area (Å²) in [6.07, 6.45) is 16.8. The van der Waals surface area contributed by atoms with E-state index in [1.54, 1.807) is 0 Å². The number of hydrogen-bond donors (Lipinski definition) is 1. The molecule has 2 heterocycles. The van der Waals surface area contributed by atoms with E-state index in [9.17, 15) is 5.11 Å². The van der Waals surface area contributed by atoms with Gasteiger partial charge in [-0.2, -0.15) is 0 Å². The second kappa shape index (κ2) is 10.6. The van der Waals surface area contributed by atoms with Crippen molar-refractivity contribution in [3.05, 3.63) is 0 Å². The van der Waals surface area contributed by atoms with Crippen LogP contribution in [0, 0.1) is 0 Å². The molecule has 0 saturated carbocycles. The molecule has 0 amide bonds. The largest absolute Gasteiger partial charge is 0.390 e. The molecule has 0 radical (unpaired) electrons. The highest BCUT2D eigenvalue weighted by Gasteiger charge is 2.40. The van der Waals surface area contributed by atoms with Crippen LogP contribution >= 0.6 is 0 Å². The van der Waals surface area contributed by atoms with Crippen molar-refractivity contribution in [1.29, 1.82) is 0 Å². The van der Waals surface area contributed by atoms with Gasteiger partial charge in [-0.3, -0.25) is 0 Å². The Balaban J connectivity index is 1.37. The van der Waals surface area contributed by atoms with Gasteiger partial charge in [0.15, 0.2) is 0 Å². The van der Waals surface area contributed by atoms with E-state index in [4.69, 9.17) is 9.47 Å². The molecule has 22 heavy (non-hydrogen) atoms. The van der Waals surface area contributed by atoms with Gasteiger partial charge in [0.05, 0.1) is 24.9 Å². The monoisotopic (exact) mass is 312 g/mol. The molecule has 2 aliphatic rings. The fourth-order valence-corrected chi connectivity index (χ4v) is 3.54. The predicted octanol–water partition coefficient (Wildman–Crippen LogP) is 4.60. The molecule has 1 N–H and O–H groups in total. The lowest BCUT2D eigenvalue weighted by atomic mass is 10.0. The van der Waals surface area contributed by atoms with E-state index in [2.05, 4.69) is 6.92 Å². The van der Waals surface area contributed by atoms with E-state index in [1.165, 1.54) is 57.8 Å². The van der Waals surface area contributed by atoms with Gasteiger partial charge in [0, 0.05) is 0 Å². The highest BCUT2D eigenvalue weighted by atomic mass is 16.6.